The summed E-state index contributed by atoms with van der Waals surface area (Å²) in [5.41, 5.74) is 1.20. The Hall–Kier alpha value is -1.71. The molecule has 1 saturated carbocycles. The highest BCUT2D eigenvalue weighted by molar-refractivity contribution is 6.31. The smallest absolute Gasteiger partial charge is 0.124 e. The molecule has 8 heteroatoms. The predicted molar refractivity (Wildman–Crippen MR) is 122 cm³/mol. The third kappa shape index (κ3) is 4.91. The third-order valence-electron chi connectivity index (χ3n) is 6.84. The van der Waals surface area contributed by atoms with Gasteiger partial charge in [0.25, 0.3) is 0 Å². The van der Waals surface area contributed by atoms with E-state index in [9.17, 15) is 20.4 Å². The van der Waals surface area contributed by atoms with Crippen molar-refractivity contribution in [2.45, 2.75) is 49.3 Å². The molecule has 7 nitrogen and oxygen atoms in total. The summed E-state index contributed by atoms with van der Waals surface area (Å²) in [6.07, 6.45) is -2.39. The molecule has 6 atom stereocenters. The van der Waals surface area contributed by atoms with E-state index in [4.69, 9.17) is 25.8 Å². The molecule has 0 aromatic heterocycles. The van der Waals surface area contributed by atoms with Gasteiger partial charge in [-0.3, -0.25) is 0 Å². The maximum absolute atomic E-state index is 10.9. The summed E-state index contributed by atoms with van der Waals surface area (Å²) < 4.78 is 17.0. The lowest BCUT2D eigenvalue weighted by atomic mass is 9.69. The monoisotopic (exact) mass is 478 g/mol. The lowest BCUT2D eigenvalue weighted by Gasteiger charge is -2.48. The van der Waals surface area contributed by atoms with E-state index in [0.717, 1.165) is 29.9 Å². The fourth-order valence-electron chi connectivity index (χ4n) is 4.83. The fourth-order valence-corrected chi connectivity index (χ4v) is 5.02. The molecule has 2 aromatic rings. The molecule has 180 valence electrons. The van der Waals surface area contributed by atoms with E-state index in [0.29, 0.717) is 23.6 Å². The van der Waals surface area contributed by atoms with Crippen LogP contribution in [0.5, 0.6) is 5.75 Å². The largest absolute Gasteiger partial charge is 0.488 e. The number of benzene rings is 2. The Balaban J connectivity index is 1.57. The molecule has 0 amide bonds. The van der Waals surface area contributed by atoms with E-state index in [1.54, 1.807) is 12.1 Å². The third-order valence-corrected chi connectivity index (χ3v) is 7.21. The number of rotatable bonds is 7. The predicted octanol–water partition coefficient (Wildman–Crippen LogP) is 2.04. The molecule has 0 radical (unpaired) electrons. The van der Waals surface area contributed by atoms with Crippen molar-refractivity contribution in [3.05, 3.63) is 64.2 Å². The van der Waals surface area contributed by atoms with Gasteiger partial charge in [0, 0.05) is 31.1 Å². The number of halogens is 1. The van der Waals surface area contributed by atoms with Crippen LogP contribution < -0.4 is 4.74 Å². The van der Waals surface area contributed by atoms with Gasteiger partial charge in [-0.2, -0.15) is 0 Å². The summed E-state index contributed by atoms with van der Waals surface area (Å²) in [5.74, 6) is 0.153. The van der Waals surface area contributed by atoms with Crippen LogP contribution in [0.3, 0.4) is 0 Å². The zero-order valence-corrected chi connectivity index (χ0v) is 19.3. The standard InChI is InChI=1S/C25H31ClO7/c1-31-25(12-17(13-27)22(28)23(29)24(25)30)18-4-7-21(26)16(11-18)10-15-2-5-19(6-3-15)33-20-8-9-32-14-20/h2-7,11,17,20,22-24,27-30H,8-10,12-14H2,1H3/t17-,20+,22-,23+,24-,25-/m1/s1. The molecule has 0 bridgehead atoms. The molecular formula is C25H31ClO7. The first-order valence-electron chi connectivity index (χ1n) is 11.2. The molecule has 2 aliphatic rings. The van der Waals surface area contributed by atoms with Crippen LogP contribution in [0.4, 0.5) is 0 Å². The van der Waals surface area contributed by atoms with Crippen molar-refractivity contribution in [3.63, 3.8) is 0 Å². The molecule has 4 rings (SSSR count). The van der Waals surface area contributed by atoms with Crippen molar-refractivity contribution in [2.24, 2.45) is 5.92 Å². The topological polar surface area (TPSA) is 109 Å². The van der Waals surface area contributed by atoms with Crippen LogP contribution in [0.2, 0.25) is 5.02 Å². The molecule has 1 aliphatic heterocycles. The van der Waals surface area contributed by atoms with Gasteiger partial charge in [0.05, 0.1) is 19.3 Å². The molecule has 0 spiro atoms. The molecule has 33 heavy (non-hydrogen) atoms. The summed E-state index contributed by atoms with van der Waals surface area (Å²) in [6, 6.07) is 13.2. The average Bonchev–Trinajstić information content (AvgIpc) is 3.34. The summed E-state index contributed by atoms with van der Waals surface area (Å²) in [5, 5.41) is 41.8. The van der Waals surface area contributed by atoms with Crippen LogP contribution in [0.15, 0.2) is 42.5 Å². The van der Waals surface area contributed by atoms with Gasteiger partial charge in [-0.15, -0.1) is 0 Å². The fraction of sp³-hybridized carbons (Fsp3) is 0.520. The van der Waals surface area contributed by atoms with Crippen LogP contribution in [-0.2, 0) is 21.5 Å². The minimum Gasteiger partial charge on any atom is -0.488 e. The van der Waals surface area contributed by atoms with Crippen LogP contribution in [0.25, 0.3) is 0 Å². The number of hydrogen-bond acceptors (Lipinski definition) is 7. The number of aliphatic hydroxyl groups is 4. The number of aliphatic hydroxyl groups excluding tert-OH is 4. The van der Waals surface area contributed by atoms with Crippen molar-refractivity contribution >= 4 is 11.6 Å². The lowest BCUT2D eigenvalue weighted by Crippen LogP contribution is -2.60. The van der Waals surface area contributed by atoms with Crippen LogP contribution in [0, 0.1) is 5.92 Å². The van der Waals surface area contributed by atoms with Crippen LogP contribution >= 0.6 is 11.6 Å². The highest BCUT2D eigenvalue weighted by atomic mass is 35.5. The average molecular weight is 479 g/mol. The second-order valence-corrected chi connectivity index (χ2v) is 9.30. The summed E-state index contributed by atoms with van der Waals surface area (Å²) in [6.45, 7) is 1.00. The second-order valence-electron chi connectivity index (χ2n) is 8.90. The van der Waals surface area contributed by atoms with Gasteiger partial charge in [0.15, 0.2) is 0 Å². The first-order chi connectivity index (χ1) is 15.9. The minimum atomic E-state index is -1.45. The van der Waals surface area contributed by atoms with Crippen molar-refractivity contribution in [1.82, 2.24) is 0 Å². The Bertz CT molecular complexity index is 929. The Morgan fingerprint density at radius 2 is 1.85 bits per heavy atom. The van der Waals surface area contributed by atoms with E-state index < -0.39 is 29.8 Å². The quantitative estimate of drug-likeness (QED) is 0.482. The van der Waals surface area contributed by atoms with Crippen molar-refractivity contribution in [2.75, 3.05) is 26.9 Å². The molecule has 0 unspecified atom stereocenters. The maximum Gasteiger partial charge on any atom is 0.124 e. The first kappa shape index (κ1) is 24.4. The van der Waals surface area contributed by atoms with Gasteiger partial charge in [-0.05, 0) is 47.7 Å². The van der Waals surface area contributed by atoms with Crippen molar-refractivity contribution in [3.8, 4) is 5.75 Å². The maximum atomic E-state index is 10.9. The van der Waals surface area contributed by atoms with E-state index in [1.165, 1.54) is 7.11 Å². The number of ether oxygens (including phenoxy) is 3. The first-order valence-corrected chi connectivity index (χ1v) is 11.6. The van der Waals surface area contributed by atoms with Crippen LogP contribution in [-0.4, -0.2) is 71.8 Å². The Labute approximate surface area is 198 Å². The summed E-state index contributed by atoms with van der Waals surface area (Å²) in [7, 11) is 1.45. The van der Waals surface area contributed by atoms with Crippen LogP contribution in [0.1, 0.15) is 29.5 Å². The highest BCUT2D eigenvalue weighted by Crippen LogP contribution is 2.44. The molecule has 1 aliphatic carbocycles. The zero-order valence-electron chi connectivity index (χ0n) is 18.6. The SMILES string of the molecule is CO[C@@]1(c2ccc(Cl)c(Cc3ccc(O[C@H]4CCOC4)cc3)c2)C[C@H](CO)[C@@H](O)[C@H](O)[C@H]1O. The van der Waals surface area contributed by atoms with Crippen molar-refractivity contribution in [1.29, 1.82) is 0 Å². The molecule has 1 saturated heterocycles. The highest BCUT2D eigenvalue weighted by Gasteiger charge is 2.53. The minimum absolute atomic E-state index is 0.0887. The molecule has 2 aromatic carbocycles. The number of hydrogen-bond donors (Lipinski definition) is 4. The van der Waals surface area contributed by atoms with Gasteiger partial charge in [0.2, 0.25) is 0 Å². The molecular weight excluding hydrogens is 448 g/mol. The van der Waals surface area contributed by atoms with Crippen molar-refractivity contribution < 1.29 is 34.6 Å². The Morgan fingerprint density at radius 1 is 1.09 bits per heavy atom. The number of methoxy groups -OCH3 is 1. The van der Waals surface area contributed by atoms with Gasteiger partial charge in [-0.1, -0.05) is 35.9 Å². The molecule has 2 fully saturated rings. The summed E-state index contributed by atoms with van der Waals surface area (Å²) in [4.78, 5) is 0. The van der Waals surface area contributed by atoms with Gasteiger partial charge in [-0.25, -0.2) is 0 Å². The normalized spacial score (nSPS) is 32.1. The van der Waals surface area contributed by atoms with E-state index in [-0.39, 0.29) is 19.1 Å². The van der Waals surface area contributed by atoms with Gasteiger partial charge < -0.3 is 34.6 Å². The lowest BCUT2D eigenvalue weighted by molar-refractivity contribution is -0.224. The zero-order chi connectivity index (χ0) is 23.6. The summed E-state index contributed by atoms with van der Waals surface area (Å²) >= 11 is 6.49. The van der Waals surface area contributed by atoms with E-state index in [2.05, 4.69) is 0 Å². The second kappa shape index (κ2) is 10.3. The Kier molecular flexibility index (Phi) is 7.60. The van der Waals surface area contributed by atoms with Gasteiger partial charge in [0.1, 0.15) is 29.7 Å². The van der Waals surface area contributed by atoms with E-state index >= 15 is 0 Å². The van der Waals surface area contributed by atoms with E-state index in [1.807, 2.05) is 30.3 Å². The molecule has 1 heterocycles. The molecule has 4 N–H and O–H groups in total. The Morgan fingerprint density at radius 3 is 2.48 bits per heavy atom. The van der Waals surface area contributed by atoms with Gasteiger partial charge >= 0.3 is 0 Å².